The van der Waals surface area contributed by atoms with Gasteiger partial charge in [-0.15, -0.1) is 0 Å². The fraction of sp³-hybridized carbons (Fsp3) is 0.562. The Balaban J connectivity index is 1.51. The molecule has 2 heterocycles. The van der Waals surface area contributed by atoms with E-state index in [4.69, 9.17) is 10.00 Å². The molecule has 0 spiro atoms. The van der Waals surface area contributed by atoms with Gasteiger partial charge in [-0.3, -0.25) is 9.80 Å². The maximum absolute atomic E-state index is 8.62. The minimum Gasteiger partial charge on any atom is -0.493 e. The van der Waals surface area contributed by atoms with Crippen LogP contribution in [0.2, 0.25) is 0 Å². The van der Waals surface area contributed by atoms with E-state index in [1.54, 1.807) is 0 Å². The van der Waals surface area contributed by atoms with Crippen LogP contribution in [0.3, 0.4) is 0 Å². The van der Waals surface area contributed by atoms with Gasteiger partial charge in [0.15, 0.2) is 0 Å². The highest BCUT2D eigenvalue weighted by Crippen LogP contribution is 2.26. The van der Waals surface area contributed by atoms with E-state index in [2.05, 4.69) is 34.1 Å². The normalized spacial score (nSPS) is 19.4. The fourth-order valence-corrected chi connectivity index (χ4v) is 2.98. The zero-order valence-corrected chi connectivity index (χ0v) is 11.8. The number of hydrogen-bond donors (Lipinski definition) is 0. The first-order valence-electron chi connectivity index (χ1n) is 7.41. The number of hydrogen-bond acceptors (Lipinski definition) is 4. The van der Waals surface area contributed by atoms with Gasteiger partial charge in [-0.1, -0.05) is 12.1 Å². The summed E-state index contributed by atoms with van der Waals surface area (Å²) in [7, 11) is 0. The zero-order valence-electron chi connectivity index (χ0n) is 11.8. The standard InChI is InChI=1S/C16H21N3O/c17-5-1-6-18-7-9-19(10-8-18)13-14-2-3-16-15(12-14)4-11-20-16/h2-3,12H,1,4,6-11,13H2. The van der Waals surface area contributed by atoms with Crippen molar-refractivity contribution in [2.24, 2.45) is 0 Å². The molecule has 1 aromatic carbocycles. The average Bonchev–Trinajstić information content (AvgIpc) is 2.94. The molecule has 4 heteroatoms. The Bertz CT molecular complexity index is 501. The molecule has 1 fully saturated rings. The minimum atomic E-state index is 0.644. The van der Waals surface area contributed by atoms with Crippen molar-refractivity contribution in [3.8, 4) is 11.8 Å². The minimum absolute atomic E-state index is 0.644. The van der Waals surface area contributed by atoms with Crippen LogP contribution < -0.4 is 4.74 Å². The number of nitrogens with zero attached hydrogens (tertiary/aromatic N) is 3. The zero-order chi connectivity index (χ0) is 13.8. The summed E-state index contributed by atoms with van der Waals surface area (Å²) in [5, 5.41) is 8.62. The second-order valence-electron chi connectivity index (χ2n) is 5.57. The molecule has 0 bridgehead atoms. The smallest absolute Gasteiger partial charge is 0.122 e. The Morgan fingerprint density at radius 3 is 2.75 bits per heavy atom. The van der Waals surface area contributed by atoms with Crippen LogP contribution in [0.5, 0.6) is 5.75 Å². The molecule has 0 N–H and O–H groups in total. The highest BCUT2D eigenvalue weighted by Gasteiger charge is 2.18. The summed E-state index contributed by atoms with van der Waals surface area (Å²) in [6.07, 6.45) is 1.69. The van der Waals surface area contributed by atoms with Crippen molar-refractivity contribution in [1.82, 2.24) is 9.80 Å². The van der Waals surface area contributed by atoms with Crippen molar-refractivity contribution < 1.29 is 4.74 Å². The van der Waals surface area contributed by atoms with Gasteiger partial charge in [-0.05, 0) is 17.2 Å². The number of ether oxygens (including phenoxy) is 1. The molecule has 1 saturated heterocycles. The quantitative estimate of drug-likeness (QED) is 0.835. The summed E-state index contributed by atoms with van der Waals surface area (Å²) in [4.78, 5) is 4.89. The SMILES string of the molecule is N#CCCN1CCN(Cc2ccc3c(c2)CCO3)CC1. The van der Waals surface area contributed by atoms with Crippen LogP contribution in [0, 0.1) is 11.3 Å². The third kappa shape index (κ3) is 3.12. The maximum atomic E-state index is 8.62. The van der Waals surface area contributed by atoms with Crippen molar-refractivity contribution >= 4 is 0 Å². The predicted molar refractivity (Wildman–Crippen MR) is 77.6 cm³/mol. The molecule has 0 radical (unpaired) electrons. The summed E-state index contributed by atoms with van der Waals surface area (Å²) < 4.78 is 5.55. The first-order chi connectivity index (χ1) is 9.85. The van der Waals surface area contributed by atoms with Gasteiger partial charge in [-0.2, -0.15) is 5.26 Å². The number of benzene rings is 1. The highest BCUT2D eigenvalue weighted by atomic mass is 16.5. The van der Waals surface area contributed by atoms with Crippen LogP contribution in [0.1, 0.15) is 17.5 Å². The van der Waals surface area contributed by atoms with Gasteiger partial charge in [0.25, 0.3) is 0 Å². The third-order valence-electron chi connectivity index (χ3n) is 4.16. The summed E-state index contributed by atoms with van der Waals surface area (Å²) in [6, 6.07) is 8.82. The van der Waals surface area contributed by atoms with Gasteiger partial charge >= 0.3 is 0 Å². The van der Waals surface area contributed by atoms with Crippen LogP contribution in [-0.2, 0) is 13.0 Å². The van der Waals surface area contributed by atoms with Crippen molar-refractivity contribution in [2.45, 2.75) is 19.4 Å². The molecule has 0 aromatic heterocycles. The number of nitriles is 1. The molecule has 0 atom stereocenters. The average molecular weight is 271 g/mol. The van der Waals surface area contributed by atoms with Gasteiger partial charge in [0.2, 0.25) is 0 Å². The van der Waals surface area contributed by atoms with E-state index in [-0.39, 0.29) is 0 Å². The van der Waals surface area contributed by atoms with Gasteiger partial charge in [0, 0.05) is 52.1 Å². The van der Waals surface area contributed by atoms with Crippen LogP contribution >= 0.6 is 0 Å². The Morgan fingerprint density at radius 2 is 1.95 bits per heavy atom. The lowest BCUT2D eigenvalue weighted by molar-refractivity contribution is 0.129. The van der Waals surface area contributed by atoms with Gasteiger partial charge in [0.05, 0.1) is 12.7 Å². The summed E-state index contributed by atoms with van der Waals surface area (Å²) in [5.41, 5.74) is 2.75. The van der Waals surface area contributed by atoms with E-state index in [0.29, 0.717) is 6.42 Å². The Labute approximate surface area is 120 Å². The first kappa shape index (κ1) is 13.4. The van der Waals surface area contributed by atoms with Crippen molar-refractivity contribution in [2.75, 3.05) is 39.3 Å². The lowest BCUT2D eigenvalue weighted by atomic mass is 10.1. The molecule has 106 valence electrons. The van der Waals surface area contributed by atoms with E-state index in [1.165, 1.54) is 11.1 Å². The highest BCUT2D eigenvalue weighted by molar-refractivity contribution is 5.39. The Morgan fingerprint density at radius 1 is 1.15 bits per heavy atom. The fourth-order valence-electron chi connectivity index (χ4n) is 2.98. The molecule has 1 aromatic rings. The molecule has 4 nitrogen and oxygen atoms in total. The lowest BCUT2D eigenvalue weighted by Gasteiger charge is -2.34. The maximum Gasteiger partial charge on any atom is 0.122 e. The Kier molecular flexibility index (Phi) is 4.19. The van der Waals surface area contributed by atoms with E-state index >= 15 is 0 Å². The summed E-state index contributed by atoms with van der Waals surface area (Å²) >= 11 is 0. The van der Waals surface area contributed by atoms with Gasteiger partial charge < -0.3 is 4.74 Å². The summed E-state index contributed by atoms with van der Waals surface area (Å²) in [5.74, 6) is 1.06. The first-order valence-corrected chi connectivity index (χ1v) is 7.41. The second kappa shape index (κ2) is 6.25. The molecule has 0 aliphatic carbocycles. The molecular formula is C16H21N3O. The van der Waals surface area contributed by atoms with Crippen LogP contribution in [0.25, 0.3) is 0 Å². The predicted octanol–water partition coefficient (Wildman–Crippen LogP) is 1.65. The molecule has 2 aliphatic heterocycles. The number of piperazine rings is 1. The molecular weight excluding hydrogens is 250 g/mol. The molecule has 3 rings (SSSR count). The number of fused-ring (bicyclic) bond motifs is 1. The van der Waals surface area contributed by atoms with E-state index in [9.17, 15) is 0 Å². The van der Waals surface area contributed by atoms with Gasteiger partial charge in [0.1, 0.15) is 5.75 Å². The largest absolute Gasteiger partial charge is 0.493 e. The van der Waals surface area contributed by atoms with Crippen LogP contribution in [0.15, 0.2) is 18.2 Å². The second-order valence-corrected chi connectivity index (χ2v) is 5.57. The molecule has 0 unspecified atom stereocenters. The Hall–Kier alpha value is -1.57. The molecule has 2 aliphatic rings. The monoisotopic (exact) mass is 271 g/mol. The van der Waals surface area contributed by atoms with Gasteiger partial charge in [-0.25, -0.2) is 0 Å². The van der Waals surface area contributed by atoms with E-state index in [0.717, 1.165) is 58.0 Å². The molecule has 0 saturated carbocycles. The van der Waals surface area contributed by atoms with Crippen LogP contribution in [0.4, 0.5) is 0 Å². The van der Waals surface area contributed by atoms with E-state index in [1.807, 2.05) is 0 Å². The van der Waals surface area contributed by atoms with E-state index < -0.39 is 0 Å². The summed E-state index contributed by atoms with van der Waals surface area (Å²) in [6.45, 7) is 7.12. The topological polar surface area (TPSA) is 39.5 Å². The third-order valence-corrected chi connectivity index (χ3v) is 4.16. The number of rotatable bonds is 4. The van der Waals surface area contributed by atoms with Crippen molar-refractivity contribution in [3.05, 3.63) is 29.3 Å². The molecule has 20 heavy (non-hydrogen) atoms. The van der Waals surface area contributed by atoms with Crippen molar-refractivity contribution in [3.63, 3.8) is 0 Å². The molecule has 0 amide bonds. The van der Waals surface area contributed by atoms with Crippen LogP contribution in [-0.4, -0.2) is 49.1 Å². The van der Waals surface area contributed by atoms with Crippen molar-refractivity contribution in [1.29, 1.82) is 5.26 Å². The lowest BCUT2D eigenvalue weighted by Crippen LogP contribution is -2.46.